The van der Waals surface area contributed by atoms with Crippen LogP contribution < -0.4 is 0 Å². The van der Waals surface area contributed by atoms with Gasteiger partial charge in [-0.2, -0.15) is 0 Å². The lowest BCUT2D eigenvalue weighted by molar-refractivity contribution is 1.61. The molecule has 0 radical (unpaired) electrons. The molecule has 2 rings (SSSR count). The fourth-order valence-corrected chi connectivity index (χ4v) is 2.41. The lowest BCUT2D eigenvalue weighted by Crippen LogP contribution is -1.76. The normalized spacial score (nSPS) is 9.40. The van der Waals surface area contributed by atoms with Crippen LogP contribution in [0, 0.1) is 0 Å². The second-order valence-electron chi connectivity index (χ2n) is 3.69. The van der Waals surface area contributed by atoms with Gasteiger partial charge in [-0.05, 0) is 23.3 Å². The molecule has 0 fully saturated rings. The molecule has 0 bridgehead atoms. The standard InChI is InChI=1S/C8H7Br.C8H5Cl3/c1-2-7-5-3-4-6-8(7)9;1-2-5-3-4-6(9)8(11)7(5)10/h2-6H,1H2;2-4H,1H2. The van der Waals surface area contributed by atoms with Crippen molar-refractivity contribution >= 4 is 62.9 Å². The minimum absolute atomic E-state index is 0.380. The van der Waals surface area contributed by atoms with Crippen LogP contribution in [0.4, 0.5) is 0 Å². The Morgan fingerprint density at radius 2 is 1.40 bits per heavy atom. The molecule has 0 aromatic heterocycles. The second-order valence-corrected chi connectivity index (χ2v) is 5.71. The maximum absolute atomic E-state index is 5.81. The number of hydrogen-bond donors (Lipinski definition) is 0. The van der Waals surface area contributed by atoms with Gasteiger partial charge >= 0.3 is 0 Å². The first kappa shape index (κ1) is 17.3. The van der Waals surface area contributed by atoms with E-state index < -0.39 is 0 Å². The molecule has 0 atom stereocenters. The largest absolute Gasteiger partial charge is 0.0984 e. The molecular formula is C16H12BrCl3. The molecule has 104 valence electrons. The number of halogens is 4. The van der Waals surface area contributed by atoms with Crippen molar-refractivity contribution in [2.45, 2.75) is 0 Å². The van der Waals surface area contributed by atoms with Crippen molar-refractivity contribution in [3.63, 3.8) is 0 Å². The van der Waals surface area contributed by atoms with Gasteiger partial charge in [0.05, 0.1) is 15.1 Å². The highest BCUT2D eigenvalue weighted by Gasteiger charge is 2.05. The summed E-state index contributed by atoms with van der Waals surface area (Å²) in [7, 11) is 0. The summed E-state index contributed by atoms with van der Waals surface area (Å²) in [6.45, 7) is 7.24. The zero-order valence-electron chi connectivity index (χ0n) is 10.5. The molecule has 0 saturated carbocycles. The quantitative estimate of drug-likeness (QED) is 0.469. The minimum atomic E-state index is 0.380. The van der Waals surface area contributed by atoms with Crippen LogP contribution in [-0.2, 0) is 0 Å². The summed E-state index contributed by atoms with van der Waals surface area (Å²) in [4.78, 5) is 0. The Morgan fingerprint density at radius 3 is 1.90 bits per heavy atom. The van der Waals surface area contributed by atoms with Gasteiger partial charge in [-0.1, -0.05) is 100 Å². The van der Waals surface area contributed by atoms with Gasteiger partial charge < -0.3 is 0 Å². The smallest absolute Gasteiger partial charge is 0.0784 e. The summed E-state index contributed by atoms with van der Waals surface area (Å²) in [5.41, 5.74) is 1.93. The van der Waals surface area contributed by atoms with E-state index in [1.807, 2.05) is 30.3 Å². The molecule has 0 amide bonds. The third-order valence-corrected chi connectivity index (χ3v) is 4.44. The Morgan fingerprint density at radius 1 is 0.800 bits per heavy atom. The molecule has 4 heteroatoms. The van der Waals surface area contributed by atoms with Crippen LogP contribution >= 0.6 is 50.7 Å². The van der Waals surface area contributed by atoms with Crippen molar-refractivity contribution in [3.8, 4) is 0 Å². The first-order valence-electron chi connectivity index (χ1n) is 5.64. The van der Waals surface area contributed by atoms with Crippen LogP contribution in [0.15, 0.2) is 54.0 Å². The maximum atomic E-state index is 5.81. The summed E-state index contributed by atoms with van der Waals surface area (Å²) in [6, 6.07) is 11.4. The van der Waals surface area contributed by atoms with Crippen molar-refractivity contribution in [2.24, 2.45) is 0 Å². The lowest BCUT2D eigenvalue weighted by atomic mass is 10.2. The number of hydrogen-bond acceptors (Lipinski definition) is 0. The molecule has 2 aromatic carbocycles. The molecule has 0 aliphatic carbocycles. The molecule has 0 unspecified atom stereocenters. The molecule has 2 aromatic rings. The third kappa shape index (κ3) is 4.68. The van der Waals surface area contributed by atoms with Crippen molar-refractivity contribution < 1.29 is 0 Å². The minimum Gasteiger partial charge on any atom is -0.0984 e. The summed E-state index contributed by atoms with van der Waals surface area (Å²) in [6.07, 6.45) is 3.45. The van der Waals surface area contributed by atoms with E-state index in [4.69, 9.17) is 34.8 Å². The van der Waals surface area contributed by atoms with Crippen molar-refractivity contribution in [1.82, 2.24) is 0 Å². The van der Waals surface area contributed by atoms with Gasteiger partial charge in [0.1, 0.15) is 0 Å². The van der Waals surface area contributed by atoms with E-state index in [1.54, 1.807) is 18.2 Å². The highest BCUT2D eigenvalue weighted by Crippen LogP contribution is 2.32. The zero-order valence-corrected chi connectivity index (χ0v) is 14.4. The summed E-state index contributed by atoms with van der Waals surface area (Å²) in [5.74, 6) is 0. The van der Waals surface area contributed by atoms with E-state index in [0.29, 0.717) is 15.1 Å². The van der Waals surface area contributed by atoms with E-state index in [2.05, 4.69) is 29.1 Å². The Balaban J connectivity index is 0.000000204. The topological polar surface area (TPSA) is 0 Å². The average molecular weight is 391 g/mol. The SMILES string of the molecule is C=Cc1ccc(Cl)c(Cl)c1Cl.C=Cc1ccccc1Br. The molecule has 0 heterocycles. The van der Waals surface area contributed by atoms with Gasteiger partial charge in [0.25, 0.3) is 0 Å². The highest BCUT2D eigenvalue weighted by molar-refractivity contribution is 9.10. The van der Waals surface area contributed by atoms with Gasteiger partial charge in [-0.15, -0.1) is 0 Å². The van der Waals surface area contributed by atoms with Gasteiger partial charge in [-0.3, -0.25) is 0 Å². The van der Waals surface area contributed by atoms with Crippen LogP contribution in [0.25, 0.3) is 12.2 Å². The molecule has 0 aliphatic rings. The van der Waals surface area contributed by atoms with E-state index in [1.165, 1.54) is 0 Å². The van der Waals surface area contributed by atoms with Crippen LogP contribution in [0.3, 0.4) is 0 Å². The summed E-state index contributed by atoms with van der Waals surface area (Å²) >= 11 is 20.6. The first-order chi connectivity index (χ1) is 9.51. The predicted molar refractivity (Wildman–Crippen MR) is 95.8 cm³/mol. The highest BCUT2D eigenvalue weighted by atomic mass is 79.9. The van der Waals surface area contributed by atoms with Crippen molar-refractivity contribution in [1.29, 1.82) is 0 Å². The Kier molecular flexibility index (Phi) is 7.39. The molecule has 0 nitrogen and oxygen atoms in total. The molecule has 0 N–H and O–H groups in total. The van der Waals surface area contributed by atoms with E-state index >= 15 is 0 Å². The van der Waals surface area contributed by atoms with Crippen molar-refractivity contribution in [3.05, 3.63) is 80.2 Å². The predicted octanol–water partition coefficient (Wildman–Crippen LogP) is 7.38. The van der Waals surface area contributed by atoms with Crippen molar-refractivity contribution in [2.75, 3.05) is 0 Å². The number of rotatable bonds is 2. The Bertz CT molecular complexity index is 621. The van der Waals surface area contributed by atoms with E-state index in [0.717, 1.165) is 15.6 Å². The Labute approximate surface area is 142 Å². The van der Waals surface area contributed by atoms with Crippen LogP contribution in [0.1, 0.15) is 11.1 Å². The number of benzene rings is 2. The molecule has 20 heavy (non-hydrogen) atoms. The molecule has 0 aliphatic heterocycles. The summed E-state index contributed by atoms with van der Waals surface area (Å²) in [5, 5.41) is 1.29. The average Bonchev–Trinajstić information content (AvgIpc) is 2.46. The fraction of sp³-hybridized carbons (Fsp3) is 0. The van der Waals surface area contributed by atoms with Crippen LogP contribution in [0.2, 0.25) is 15.1 Å². The van der Waals surface area contributed by atoms with E-state index in [-0.39, 0.29) is 0 Å². The monoisotopic (exact) mass is 388 g/mol. The maximum Gasteiger partial charge on any atom is 0.0784 e. The van der Waals surface area contributed by atoms with Crippen LogP contribution in [0.5, 0.6) is 0 Å². The van der Waals surface area contributed by atoms with Crippen LogP contribution in [-0.4, -0.2) is 0 Å². The second kappa shape index (κ2) is 8.53. The van der Waals surface area contributed by atoms with Gasteiger partial charge in [0.2, 0.25) is 0 Å². The fourth-order valence-electron chi connectivity index (χ4n) is 1.34. The van der Waals surface area contributed by atoms with Gasteiger partial charge in [0, 0.05) is 4.47 Å². The molecule has 0 saturated heterocycles. The van der Waals surface area contributed by atoms with Gasteiger partial charge in [-0.25, -0.2) is 0 Å². The summed E-state index contributed by atoms with van der Waals surface area (Å²) < 4.78 is 1.10. The first-order valence-corrected chi connectivity index (χ1v) is 7.56. The lowest BCUT2D eigenvalue weighted by Gasteiger charge is -2.01. The molecule has 0 spiro atoms. The van der Waals surface area contributed by atoms with Gasteiger partial charge in [0.15, 0.2) is 0 Å². The molecular weight excluding hydrogens is 378 g/mol. The zero-order chi connectivity index (χ0) is 15.1. The Hall–Kier alpha value is -0.730. The van der Waals surface area contributed by atoms with E-state index in [9.17, 15) is 0 Å². The third-order valence-electron chi connectivity index (χ3n) is 2.41.